The van der Waals surface area contributed by atoms with Crippen LogP contribution in [0.4, 0.5) is 0 Å². The molecule has 0 unspecified atom stereocenters. The molecule has 7 heteroatoms. The molecule has 0 spiro atoms. The van der Waals surface area contributed by atoms with E-state index in [1.165, 1.54) is 0 Å². The summed E-state index contributed by atoms with van der Waals surface area (Å²) in [5, 5.41) is -0.351. The van der Waals surface area contributed by atoms with E-state index in [1.54, 1.807) is 16.8 Å². The van der Waals surface area contributed by atoms with Crippen molar-refractivity contribution in [2.45, 2.75) is 37.1 Å². The van der Waals surface area contributed by atoms with E-state index in [9.17, 15) is 8.42 Å². The van der Waals surface area contributed by atoms with E-state index in [4.69, 9.17) is 4.74 Å². The van der Waals surface area contributed by atoms with E-state index in [0.29, 0.717) is 32.7 Å². The summed E-state index contributed by atoms with van der Waals surface area (Å²) < 4.78 is 34.0. The number of ether oxygens (including phenoxy) is 1. The Labute approximate surface area is 113 Å². The first-order valence-electron chi connectivity index (χ1n) is 6.72. The van der Waals surface area contributed by atoms with Crippen molar-refractivity contribution in [3.63, 3.8) is 0 Å². The second-order valence-electron chi connectivity index (χ2n) is 5.20. The zero-order chi connectivity index (χ0) is 13.3. The number of nitrogens with zero attached hydrogens (tertiary/aromatic N) is 3. The molecule has 0 aromatic carbocycles. The number of sulfonamides is 1. The lowest BCUT2D eigenvalue weighted by atomic mass is 10.2. The highest BCUT2D eigenvalue weighted by Crippen LogP contribution is 2.27. The lowest BCUT2D eigenvalue weighted by molar-refractivity contribution is 0.197. The average Bonchev–Trinajstić information content (AvgIpc) is 3.12. The van der Waals surface area contributed by atoms with Crippen molar-refractivity contribution in [3.8, 4) is 0 Å². The molecule has 1 aromatic rings. The van der Waals surface area contributed by atoms with Gasteiger partial charge in [-0.15, -0.1) is 0 Å². The summed E-state index contributed by atoms with van der Waals surface area (Å²) in [7, 11) is -3.22. The Morgan fingerprint density at radius 2 is 2.26 bits per heavy atom. The van der Waals surface area contributed by atoms with Crippen molar-refractivity contribution in [1.82, 2.24) is 13.9 Å². The molecule has 2 atom stereocenters. The van der Waals surface area contributed by atoms with Gasteiger partial charge in [0.2, 0.25) is 10.0 Å². The SMILES string of the molecule is O=S(=O)([C@H]1CCOC1)N1CCC[C@@H]1Cn1ccnc1. The van der Waals surface area contributed by atoms with E-state index in [0.717, 1.165) is 12.8 Å². The summed E-state index contributed by atoms with van der Waals surface area (Å²) in [5.41, 5.74) is 0. The third-order valence-electron chi connectivity index (χ3n) is 3.94. The van der Waals surface area contributed by atoms with Crippen molar-refractivity contribution in [1.29, 1.82) is 0 Å². The summed E-state index contributed by atoms with van der Waals surface area (Å²) in [5.74, 6) is 0. The second kappa shape index (κ2) is 5.22. The molecule has 1 aromatic heterocycles. The average molecular weight is 285 g/mol. The topological polar surface area (TPSA) is 64.4 Å². The fraction of sp³-hybridized carbons (Fsp3) is 0.750. The van der Waals surface area contributed by atoms with Crippen LogP contribution in [0.5, 0.6) is 0 Å². The standard InChI is InChI=1S/C12H19N3O3S/c16-19(17,12-3-7-18-9-12)15-5-1-2-11(15)8-14-6-4-13-10-14/h4,6,10-12H,1-3,5,7-9H2/t11-,12+/m1/s1. The monoisotopic (exact) mass is 285 g/mol. The molecule has 0 saturated carbocycles. The van der Waals surface area contributed by atoms with Gasteiger partial charge in [-0.25, -0.2) is 13.4 Å². The van der Waals surface area contributed by atoms with Crippen molar-refractivity contribution in [2.75, 3.05) is 19.8 Å². The number of hydrogen-bond donors (Lipinski definition) is 0. The molecule has 0 radical (unpaired) electrons. The van der Waals surface area contributed by atoms with Crippen LogP contribution in [0, 0.1) is 0 Å². The Morgan fingerprint density at radius 3 is 2.95 bits per heavy atom. The van der Waals surface area contributed by atoms with Gasteiger partial charge in [0, 0.05) is 38.1 Å². The van der Waals surface area contributed by atoms with Crippen LogP contribution in [0.25, 0.3) is 0 Å². The first-order valence-corrected chi connectivity index (χ1v) is 8.22. The van der Waals surface area contributed by atoms with Gasteiger partial charge < -0.3 is 9.30 Å². The third kappa shape index (κ3) is 2.54. The third-order valence-corrected chi connectivity index (χ3v) is 6.29. The Morgan fingerprint density at radius 1 is 1.37 bits per heavy atom. The molecule has 19 heavy (non-hydrogen) atoms. The van der Waals surface area contributed by atoms with Gasteiger partial charge in [0.05, 0.1) is 12.9 Å². The quantitative estimate of drug-likeness (QED) is 0.806. The maximum absolute atomic E-state index is 12.6. The molecule has 3 rings (SSSR count). The van der Waals surface area contributed by atoms with Crippen LogP contribution in [-0.4, -0.2) is 53.3 Å². The van der Waals surface area contributed by atoms with Crippen LogP contribution in [-0.2, 0) is 21.3 Å². The van der Waals surface area contributed by atoms with Crippen molar-refractivity contribution < 1.29 is 13.2 Å². The minimum absolute atomic E-state index is 0.0554. The van der Waals surface area contributed by atoms with Gasteiger partial charge in [0.15, 0.2) is 0 Å². The van der Waals surface area contributed by atoms with E-state index < -0.39 is 10.0 Å². The fourth-order valence-electron chi connectivity index (χ4n) is 2.90. The summed E-state index contributed by atoms with van der Waals surface area (Å²) in [6, 6.07) is 0.0554. The van der Waals surface area contributed by atoms with Gasteiger partial charge >= 0.3 is 0 Å². The second-order valence-corrected chi connectivity index (χ2v) is 7.36. The van der Waals surface area contributed by atoms with Crippen molar-refractivity contribution in [2.24, 2.45) is 0 Å². The van der Waals surface area contributed by atoms with E-state index in [2.05, 4.69) is 4.98 Å². The summed E-state index contributed by atoms with van der Waals surface area (Å²) in [4.78, 5) is 4.00. The molecular weight excluding hydrogens is 266 g/mol. The Balaban J connectivity index is 1.75. The number of aromatic nitrogens is 2. The molecule has 2 saturated heterocycles. The zero-order valence-corrected chi connectivity index (χ0v) is 11.6. The fourth-order valence-corrected chi connectivity index (χ4v) is 4.92. The van der Waals surface area contributed by atoms with Crippen molar-refractivity contribution in [3.05, 3.63) is 18.7 Å². The smallest absolute Gasteiger partial charge is 0.219 e. The van der Waals surface area contributed by atoms with Crippen LogP contribution in [0.1, 0.15) is 19.3 Å². The lowest BCUT2D eigenvalue weighted by Gasteiger charge is -2.26. The number of rotatable bonds is 4. The largest absolute Gasteiger partial charge is 0.380 e. The van der Waals surface area contributed by atoms with Crippen LogP contribution in [0.3, 0.4) is 0 Å². The molecule has 0 N–H and O–H groups in total. The molecule has 106 valence electrons. The number of hydrogen-bond acceptors (Lipinski definition) is 4. The Bertz CT molecular complexity index is 508. The molecule has 2 aliphatic heterocycles. The van der Waals surface area contributed by atoms with Crippen molar-refractivity contribution >= 4 is 10.0 Å². The zero-order valence-electron chi connectivity index (χ0n) is 10.8. The Hall–Kier alpha value is -0.920. The van der Waals surface area contributed by atoms with E-state index in [-0.39, 0.29) is 11.3 Å². The normalized spacial score (nSPS) is 29.1. The maximum Gasteiger partial charge on any atom is 0.219 e. The number of imidazole rings is 1. The predicted molar refractivity (Wildman–Crippen MR) is 70.1 cm³/mol. The first kappa shape index (κ1) is 13.1. The van der Waals surface area contributed by atoms with Crippen LogP contribution < -0.4 is 0 Å². The van der Waals surface area contributed by atoms with Crippen LogP contribution in [0.2, 0.25) is 0 Å². The van der Waals surface area contributed by atoms with Crippen LogP contribution in [0.15, 0.2) is 18.7 Å². The van der Waals surface area contributed by atoms with E-state index >= 15 is 0 Å². The molecule has 0 bridgehead atoms. The summed E-state index contributed by atoms with van der Waals surface area (Å²) in [6.07, 6.45) is 7.82. The maximum atomic E-state index is 12.6. The molecule has 3 heterocycles. The van der Waals surface area contributed by atoms with Gasteiger partial charge in [-0.1, -0.05) is 0 Å². The summed E-state index contributed by atoms with van der Waals surface area (Å²) in [6.45, 7) is 2.23. The Kier molecular flexibility index (Phi) is 3.60. The highest BCUT2D eigenvalue weighted by atomic mass is 32.2. The van der Waals surface area contributed by atoms with Gasteiger partial charge in [-0.2, -0.15) is 4.31 Å². The highest BCUT2D eigenvalue weighted by Gasteiger charge is 2.40. The van der Waals surface area contributed by atoms with Gasteiger partial charge in [0.1, 0.15) is 5.25 Å². The molecule has 0 aliphatic carbocycles. The molecular formula is C12H19N3O3S. The molecule has 2 fully saturated rings. The predicted octanol–water partition coefficient (Wildman–Crippen LogP) is 0.466. The van der Waals surface area contributed by atoms with E-state index in [1.807, 2.05) is 10.8 Å². The molecule has 2 aliphatic rings. The van der Waals surface area contributed by atoms with Gasteiger partial charge in [0.25, 0.3) is 0 Å². The van der Waals surface area contributed by atoms with Gasteiger partial charge in [-0.3, -0.25) is 0 Å². The lowest BCUT2D eigenvalue weighted by Crippen LogP contribution is -2.43. The van der Waals surface area contributed by atoms with Gasteiger partial charge in [-0.05, 0) is 19.3 Å². The minimum Gasteiger partial charge on any atom is -0.380 e. The highest BCUT2D eigenvalue weighted by molar-refractivity contribution is 7.89. The van der Waals surface area contributed by atoms with Crippen LogP contribution >= 0.6 is 0 Å². The molecule has 6 nitrogen and oxygen atoms in total. The summed E-state index contributed by atoms with van der Waals surface area (Å²) >= 11 is 0. The minimum atomic E-state index is -3.22. The molecule has 0 amide bonds. The first-order chi connectivity index (χ1) is 9.18.